The Morgan fingerprint density at radius 2 is 1.94 bits per heavy atom. The molecule has 2 heterocycles. The fraction of sp³-hybridized carbons (Fsp3) is 0.440. The number of aromatic nitrogens is 3. The molecule has 9 heteroatoms. The van der Waals surface area contributed by atoms with Crippen molar-refractivity contribution in [1.29, 1.82) is 0 Å². The number of carbonyl (C=O) groups is 1. The van der Waals surface area contributed by atoms with Crippen molar-refractivity contribution < 1.29 is 24.3 Å². The van der Waals surface area contributed by atoms with Crippen LogP contribution in [-0.2, 0) is 17.6 Å². The molecule has 0 radical (unpaired) electrons. The number of amides is 1. The summed E-state index contributed by atoms with van der Waals surface area (Å²) in [5.74, 6) is 1.08. The standard InChI is InChI=1S/C25H32N4O5/c1-5-7-17-10-18(8-15(3)23(17)33-14-21(31)12-26-22(32)13-30)24-28-25(34-29-24)19-9-16(4)27-20(6-2)11-19/h8-11,21,30-31H,5-7,12-14H2,1-4H3,(H,26,32). The number of pyridine rings is 1. The van der Waals surface area contributed by atoms with Gasteiger partial charge in [0.1, 0.15) is 25.1 Å². The van der Waals surface area contributed by atoms with E-state index in [1.165, 1.54) is 0 Å². The molecule has 3 rings (SSSR count). The second-order valence-corrected chi connectivity index (χ2v) is 8.22. The fourth-order valence-corrected chi connectivity index (χ4v) is 3.66. The average Bonchev–Trinajstić information content (AvgIpc) is 3.32. The highest BCUT2D eigenvalue weighted by atomic mass is 16.5. The van der Waals surface area contributed by atoms with Gasteiger partial charge in [0, 0.05) is 29.1 Å². The van der Waals surface area contributed by atoms with E-state index in [0.29, 0.717) is 17.5 Å². The van der Waals surface area contributed by atoms with Crippen LogP contribution < -0.4 is 10.1 Å². The molecule has 9 nitrogen and oxygen atoms in total. The first kappa shape index (κ1) is 25.3. The molecule has 0 saturated carbocycles. The lowest BCUT2D eigenvalue weighted by atomic mass is 10.0. The van der Waals surface area contributed by atoms with Crippen LogP contribution in [0.4, 0.5) is 0 Å². The molecular weight excluding hydrogens is 436 g/mol. The van der Waals surface area contributed by atoms with Gasteiger partial charge in [-0.3, -0.25) is 9.78 Å². The number of aliphatic hydroxyl groups excluding tert-OH is 2. The Hall–Kier alpha value is -3.30. The molecule has 1 atom stereocenters. The minimum Gasteiger partial charge on any atom is -0.490 e. The smallest absolute Gasteiger partial charge is 0.258 e. The van der Waals surface area contributed by atoms with E-state index in [-0.39, 0.29) is 13.2 Å². The largest absolute Gasteiger partial charge is 0.490 e. The number of carbonyl (C=O) groups excluding carboxylic acids is 1. The zero-order valence-corrected chi connectivity index (χ0v) is 20.1. The van der Waals surface area contributed by atoms with Gasteiger partial charge in [-0.1, -0.05) is 25.4 Å². The van der Waals surface area contributed by atoms with Gasteiger partial charge in [-0.2, -0.15) is 4.98 Å². The lowest BCUT2D eigenvalue weighted by Gasteiger charge is -2.18. The number of nitrogens with one attached hydrogen (secondary N) is 1. The van der Waals surface area contributed by atoms with Crippen LogP contribution in [0.15, 0.2) is 28.8 Å². The zero-order valence-electron chi connectivity index (χ0n) is 20.1. The third-order valence-electron chi connectivity index (χ3n) is 5.27. The monoisotopic (exact) mass is 468 g/mol. The highest BCUT2D eigenvalue weighted by Crippen LogP contribution is 2.32. The van der Waals surface area contributed by atoms with E-state index in [9.17, 15) is 9.90 Å². The van der Waals surface area contributed by atoms with E-state index in [2.05, 4.69) is 34.3 Å². The van der Waals surface area contributed by atoms with E-state index < -0.39 is 18.6 Å². The van der Waals surface area contributed by atoms with E-state index in [4.69, 9.17) is 14.4 Å². The first-order valence-electron chi connectivity index (χ1n) is 11.5. The number of rotatable bonds is 11. The summed E-state index contributed by atoms with van der Waals surface area (Å²) in [5, 5.41) is 25.5. The van der Waals surface area contributed by atoms with Gasteiger partial charge in [-0.25, -0.2) is 0 Å². The summed E-state index contributed by atoms with van der Waals surface area (Å²) < 4.78 is 11.5. The van der Waals surface area contributed by atoms with Crippen molar-refractivity contribution in [1.82, 2.24) is 20.4 Å². The number of ether oxygens (including phenoxy) is 1. The van der Waals surface area contributed by atoms with Gasteiger partial charge in [-0.15, -0.1) is 0 Å². The third-order valence-corrected chi connectivity index (χ3v) is 5.27. The van der Waals surface area contributed by atoms with Crippen molar-refractivity contribution in [2.75, 3.05) is 19.8 Å². The van der Waals surface area contributed by atoms with Crippen molar-refractivity contribution in [3.05, 3.63) is 46.8 Å². The maximum Gasteiger partial charge on any atom is 0.258 e. The molecule has 0 aliphatic rings. The summed E-state index contributed by atoms with van der Waals surface area (Å²) >= 11 is 0. The summed E-state index contributed by atoms with van der Waals surface area (Å²) in [6, 6.07) is 7.80. The maximum atomic E-state index is 11.2. The average molecular weight is 469 g/mol. The molecule has 3 aromatic rings. The first-order chi connectivity index (χ1) is 16.3. The number of aryl methyl sites for hydroxylation is 4. The van der Waals surface area contributed by atoms with Gasteiger partial charge < -0.3 is 24.8 Å². The summed E-state index contributed by atoms with van der Waals surface area (Å²) in [4.78, 5) is 20.3. The molecule has 1 aromatic carbocycles. The molecule has 1 unspecified atom stereocenters. The molecule has 0 saturated heterocycles. The summed E-state index contributed by atoms with van der Waals surface area (Å²) in [5.41, 5.74) is 5.39. The normalized spacial score (nSPS) is 11.9. The zero-order chi connectivity index (χ0) is 24.7. The molecule has 0 aliphatic heterocycles. The minimum absolute atomic E-state index is 0.000498. The molecule has 2 aromatic heterocycles. The first-order valence-corrected chi connectivity index (χ1v) is 11.5. The highest BCUT2D eigenvalue weighted by Gasteiger charge is 2.17. The molecular formula is C25H32N4O5. The Bertz CT molecular complexity index is 1130. The van der Waals surface area contributed by atoms with Crippen LogP contribution in [0.3, 0.4) is 0 Å². The minimum atomic E-state index is -0.902. The molecule has 1 amide bonds. The molecule has 0 aliphatic carbocycles. The third kappa shape index (κ3) is 6.39. The summed E-state index contributed by atoms with van der Waals surface area (Å²) in [6.07, 6.45) is 1.59. The van der Waals surface area contributed by atoms with Gasteiger partial charge >= 0.3 is 0 Å². The van der Waals surface area contributed by atoms with Crippen LogP contribution >= 0.6 is 0 Å². The van der Waals surface area contributed by atoms with Crippen LogP contribution in [0.2, 0.25) is 0 Å². The lowest BCUT2D eigenvalue weighted by molar-refractivity contribution is -0.124. The number of nitrogens with zero attached hydrogens (tertiary/aromatic N) is 3. The second kappa shape index (κ2) is 11.7. The second-order valence-electron chi connectivity index (χ2n) is 8.22. The Kier molecular flexibility index (Phi) is 8.72. The molecule has 3 N–H and O–H groups in total. The molecule has 0 spiro atoms. The Morgan fingerprint density at radius 1 is 1.15 bits per heavy atom. The van der Waals surface area contributed by atoms with Crippen LogP contribution in [-0.4, -0.2) is 57.1 Å². The van der Waals surface area contributed by atoms with Gasteiger partial charge in [0.05, 0.1) is 0 Å². The predicted molar refractivity (Wildman–Crippen MR) is 127 cm³/mol. The molecule has 0 fully saturated rings. The van der Waals surface area contributed by atoms with E-state index in [1.807, 2.05) is 38.1 Å². The van der Waals surface area contributed by atoms with Crippen LogP contribution in [0.25, 0.3) is 22.8 Å². The maximum absolute atomic E-state index is 11.2. The molecule has 0 bridgehead atoms. The number of aliphatic hydroxyl groups is 2. The molecule has 182 valence electrons. The quantitative estimate of drug-likeness (QED) is 0.392. The Labute approximate surface area is 199 Å². The Balaban J connectivity index is 1.82. The number of hydrogen-bond donors (Lipinski definition) is 3. The molecule has 34 heavy (non-hydrogen) atoms. The van der Waals surface area contributed by atoms with Crippen molar-refractivity contribution in [2.45, 2.75) is 53.1 Å². The van der Waals surface area contributed by atoms with E-state index in [1.54, 1.807) is 0 Å². The van der Waals surface area contributed by atoms with Crippen LogP contribution in [0, 0.1) is 13.8 Å². The van der Waals surface area contributed by atoms with Gasteiger partial charge in [0.15, 0.2) is 0 Å². The van der Waals surface area contributed by atoms with Crippen molar-refractivity contribution in [2.24, 2.45) is 0 Å². The fourth-order valence-electron chi connectivity index (χ4n) is 3.66. The van der Waals surface area contributed by atoms with Gasteiger partial charge in [-0.05, 0) is 62.1 Å². The van der Waals surface area contributed by atoms with Gasteiger partial charge in [0.25, 0.3) is 5.89 Å². The lowest BCUT2D eigenvalue weighted by Crippen LogP contribution is -2.36. The number of hydrogen-bond acceptors (Lipinski definition) is 8. The SMILES string of the molecule is CCCc1cc(-c2noc(-c3cc(C)nc(CC)c3)n2)cc(C)c1OCC(O)CNC(=O)CO. The van der Waals surface area contributed by atoms with Crippen LogP contribution in [0.1, 0.15) is 42.8 Å². The topological polar surface area (TPSA) is 131 Å². The highest BCUT2D eigenvalue weighted by molar-refractivity contribution is 5.76. The van der Waals surface area contributed by atoms with Crippen molar-refractivity contribution in [3.8, 4) is 28.6 Å². The summed E-state index contributed by atoms with van der Waals surface area (Å²) in [6.45, 7) is 7.39. The Morgan fingerprint density at radius 3 is 2.65 bits per heavy atom. The van der Waals surface area contributed by atoms with E-state index >= 15 is 0 Å². The summed E-state index contributed by atoms with van der Waals surface area (Å²) in [7, 11) is 0. The predicted octanol–water partition coefficient (Wildman–Crippen LogP) is 2.78. The van der Waals surface area contributed by atoms with Crippen LogP contribution in [0.5, 0.6) is 5.75 Å². The number of benzene rings is 1. The van der Waals surface area contributed by atoms with Gasteiger partial charge in [0.2, 0.25) is 11.7 Å². The van der Waals surface area contributed by atoms with E-state index in [0.717, 1.165) is 52.9 Å². The van der Waals surface area contributed by atoms with Crippen molar-refractivity contribution >= 4 is 5.91 Å². The van der Waals surface area contributed by atoms with Crippen molar-refractivity contribution in [3.63, 3.8) is 0 Å².